The van der Waals surface area contributed by atoms with E-state index in [0.717, 1.165) is 61.3 Å². The third kappa shape index (κ3) is 5.59. The van der Waals surface area contributed by atoms with E-state index in [-0.39, 0.29) is 5.41 Å². The monoisotopic (exact) mass is 794 g/mol. The normalized spacial score (nSPS) is 13.1. The van der Waals surface area contributed by atoms with Gasteiger partial charge in [-0.2, -0.15) is 0 Å². The fourth-order valence-electron chi connectivity index (χ4n) is 10.00. The van der Waals surface area contributed by atoms with Crippen molar-refractivity contribution in [3.8, 4) is 22.3 Å². The molecule has 2 heterocycles. The van der Waals surface area contributed by atoms with Gasteiger partial charge in [-0.1, -0.05) is 184 Å². The quantitative estimate of drug-likeness (QED) is 0.167. The SMILES string of the molecule is CC1(C)c2ccccc2N(c2c(N(c3ccc(-c4ccccc4)cc3)c3cccc4c3oc3ccccc34)ccc3ccccc23)c2ccc(-c3cccc4ccccc34)cc21. The fourth-order valence-corrected chi connectivity index (χ4v) is 10.00. The van der Waals surface area contributed by atoms with Crippen molar-refractivity contribution < 1.29 is 4.42 Å². The lowest BCUT2D eigenvalue weighted by Crippen LogP contribution is -2.31. The fraction of sp³-hybridized carbons (Fsp3) is 0.0508. The van der Waals surface area contributed by atoms with Crippen LogP contribution >= 0.6 is 0 Å². The Morgan fingerprint density at radius 3 is 1.87 bits per heavy atom. The highest BCUT2D eigenvalue weighted by Gasteiger charge is 2.39. The number of rotatable bonds is 6. The largest absolute Gasteiger partial charge is 0.454 e. The van der Waals surface area contributed by atoms with Gasteiger partial charge in [0.05, 0.1) is 28.4 Å². The van der Waals surface area contributed by atoms with Crippen LogP contribution in [0.4, 0.5) is 34.1 Å². The van der Waals surface area contributed by atoms with E-state index >= 15 is 0 Å². The van der Waals surface area contributed by atoms with Gasteiger partial charge in [-0.15, -0.1) is 0 Å². The number of fused-ring (bicyclic) bond motifs is 7. The van der Waals surface area contributed by atoms with Gasteiger partial charge in [0.1, 0.15) is 5.58 Å². The molecule has 3 nitrogen and oxygen atoms in total. The molecular formula is C59H42N2O. The topological polar surface area (TPSA) is 19.6 Å². The highest BCUT2D eigenvalue weighted by molar-refractivity contribution is 6.13. The zero-order chi connectivity index (χ0) is 41.4. The van der Waals surface area contributed by atoms with Crippen molar-refractivity contribution in [3.63, 3.8) is 0 Å². The van der Waals surface area contributed by atoms with Crippen LogP contribution in [0.1, 0.15) is 25.0 Å². The van der Waals surface area contributed by atoms with E-state index in [1.165, 1.54) is 49.7 Å². The minimum absolute atomic E-state index is 0.291. The van der Waals surface area contributed by atoms with Gasteiger partial charge in [0.25, 0.3) is 0 Å². The standard InChI is InChI=1S/C59H42N2O/c1-59(2)50-26-11-12-27-52(50)61(53-36-33-43(38-51(53)59)46-24-14-20-41-18-6-8-21-45(41)46)57-47-22-9-7-19-42(47)32-37-54(57)60(44-34-30-40(31-35-44)39-16-4-3-5-17-39)55-28-15-25-49-48-23-10-13-29-56(48)62-58(49)55/h3-38H,1-2H3. The minimum atomic E-state index is -0.291. The second-order valence-corrected chi connectivity index (χ2v) is 16.9. The minimum Gasteiger partial charge on any atom is -0.454 e. The van der Waals surface area contributed by atoms with Crippen molar-refractivity contribution in [2.75, 3.05) is 9.80 Å². The molecule has 0 aliphatic carbocycles. The van der Waals surface area contributed by atoms with Crippen molar-refractivity contribution in [3.05, 3.63) is 230 Å². The Hall–Kier alpha value is -7.88. The molecule has 0 saturated carbocycles. The summed E-state index contributed by atoms with van der Waals surface area (Å²) in [5.74, 6) is 0. The lowest BCUT2D eigenvalue weighted by molar-refractivity contribution is 0.632. The molecule has 1 aliphatic heterocycles. The van der Waals surface area contributed by atoms with E-state index in [0.29, 0.717) is 0 Å². The number of hydrogen-bond donors (Lipinski definition) is 0. The second-order valence-electron chi connectivity index (χ2n) is 16.9. The summed E-state index contributed by atoms with van der Waals surface area (Å²) in [5.41, 5.74) is 15.3. The van der Waals surface area contributed by atoms with Gasteiger partial charge in [-0.25, -0.2) is 0 Å². The molecular weight excluding hydrogens is 753 g/mol. The first-order chi connectivity index (χ1) is 30.5. The molecule has 0 N–H and O–H groups in total. The maximum atomic E-state index is 6.84. The Labute approximate surface area is 361 Å². The summed E-state index contributed by atoms with van der Waals surface area (Å²) in [7, 11) is 0. The molecule has 0 bridgehead atoms. The smallest absolute Gasteiger partial charge is 0.159 e. The Morgan fingerprint density at radius 1 is 0.419 bits per heavy atom. The van der Waals surface area contributed by atoms with Gasteiger partial charge in [-0.3, -0.25) is 0 Å². The summed E-state index contributed by atoms with van der Waals surface area (Å²) in [5, 5.41) is 7.01. The van der Waals surface area contributed by atoms with Crippen LogP contribution in [0.2, 0.25) is 0 Å². The summed E-state index contributed by atoms with van der Waals surface area (Å²) in [6.07, 6.45) is 0. The third-order valence-electron chi connectivity index (χ3n) is 13.0. The molecule has 0 spiro atoms. The van der Waals surface area contributed by atoms with Crippen LogP contribution in [0, 0.1) is 0 Å². The summed E-state index contributed by atoms with van der Waals surface area (Å²) >= 11 is 0. The van der Waals surface area contributed by atoms with Crippen LogP contribution in [-0.4, -0.2) is 0 Å². The Bertz CT molecular complexity index is 3500. The van der Waals surface area contributed by atoms with Gasteiger partial charge in [-0.05, 0) is 98.1 Å². The Morgan fingerprint density at radius 2 is 1.03 bits per heavy atom. The van der Waals surface area contributed by atoms with Crippen LogP contribution in [0.3, 0.4) is 0 Å². The van der Waals surface area contributed by atoms with Crippen molar-refractivity contribution in [1.82, 2.24) is 0 Å². The molecule has 294 valence electrons. The molecule has 1 aliphatic rings. The first-order valence-corrected chi connectivity index (χ1v) is 21.4. The Balaban J connectivity index is 1.15. The molecule has 0 saturated heterocycles. The summed E-state index contributed by atoms with van der Waals surface area (Å²) in [6, 6.07) is 79.3. The van der Waals surface area contributed by atoms with Crippen molar-refractivity contribution in [2.45, 2.75) is 19.3 Å². The zero-order valence-electron chi connectivity index (χ0n) is 34.6. The molecule has 0 radical (unpaired) electrons. The zero-order valence-corrected chi connectivity index (χ0v) is 34.6. The molecule has 11 aromatic rings. The first kappa shape index (κ1) is 36.0. The van der Waals surface area contributed by atoms with E-state index in [9.17, 15) is 0 Å². The van der Waals surface area contributed by atoms with E-state index in [4.69, 9.17) is 4.42 Å². The number of nitrogens with zero attached hydrogens (tertiary/aromatic N) is 2. The van der Waals surface area contributed by atoms with Gasteiger partial charge in [0.15, 0.2) is 5.58 Å². The summed E-state index contributed by atoms with van der Waals surface area (Å²) in [4.78, 5) is 4.94. The molecule has 0 unspecified atom stereocenters. The maximum absolute atomic E-state index is 6.84. The Kier molecular flexibility index (Phi) is 8.20. The lowest BCUT2D eigenvalue weighted by Gasteiger charge is -2.44. The molecule has 12 rings (SSSR count). The number of furan rings is 1. The van der Waals surface area contributed by atoms with Gasteiger partial charge in [0.2, 0.25) is 0 Å². The van der Waals surface area contributed by atoms with Crippen LogP contribution in [0.25, 0.3) is 65.7 Å². The molecule has 3 heteroatoms. The van der Waals surface area contributed by atoms with E-state index in [1.807, 2.05) is 6.07 Å². The molecule has 1 aromatic heterocycles. The first-order valence-electron chi connectivity index (χ1n) is 21.4. The van der Waals surface area contributed by atoms with E-state index < -0.39 is 0 Å². The van der Waals surface area contributed by atoms with Crippen LogP contribution in [0.5, 0.6) is 0 Å². The summed E-state index contributed by atoms with van der Waals surface area (Å²) < 4.78 is 6.84. The molecule has 0 fully saturated rings. The van der Waals surface area contributed by atoms with Gasteiger partial charge in [0, 0.05) is 27.3 Å². The van der Waals surface area contributed by atoms with Crippen molar-refractivity contribution in [1.29, 1.82) is 0 Å². The molecule has 62 heavy (non-hydrogen) atoms. The highest BCUT2D eigenvalue weighted by atomic mass is 16.3. The third-order valence-corrected chi connectivity index (χ3v) is 13.0. The molecule has 0 atom stereocenters. The number of anilines is 6. The number of para-hydroxylation sites is 3. The highest BCUT2D eigenvalue weighted by Crippen LogP contribution is 2.57. The number of hydrogen-bond acceptors (Lipinski definition) is 3. The number of benzene rings is 10. The van der Waals surface area contributed by atoms with Crippen molar-refractivity contribution >= 4 is 77.6 Å². The summed E-state index contributed by atoms with van der Waals surface area (Å²) in [6.45, 7) is 4.75. The predicted octanol–water partition coefficient (Wildman–Crippen LogP) is 16.8. The lowest BCUT2D eigenvalue weighted by atomic mass is 9.72. The van der Waals surface area contributed by atoms with Crippen LogP contribution in [0.15, 0.2) is 223 Å². The predicted molar refractivity (Wildman–Crippen MR) is 261 cm³/mol. The van der Waals surface area contributed by atoms with Crippen LogP contribution in [-0.2, 0) is 5.41 Å². The maximum Gasteiger partial charge on any atom is 0.159 e. The van der Waals surface area contributed by atoms with E-state index in [2.05, 4.69) is 236 Å². The van der Waals surface area contributed by atoms with Gasteiger partial charge < -0.3 is 14.2 Å². The molecule has 0 amide bonds. The van der Waals surface area contributed by atoms with E-state index in [1.54, 1.807) is 0 Å². The van der Waals surface area contributed by atoms with Crippen molar-refractivity contribution in [2.24, 2.45) is 0 Å². The van der Waals surface area contributed by atoms with Gasteiger partial charge >= 0.3 is 0 Å². The molecule has 10 aromatic carbocycles. The second kappa shape index (κ2) is 14.1. The average molecular weight is 795 g/mol. The van der Waals surface area contributed by atoms with Crippen LogP contribution < -0.4 is 9.80 Å². The average Bonchev–Trinajstić information content (AvgIpc) is 3.72.